The minimum atomic E-state index is -0.122. The van der Waals surface area contributed by atoms with Crippen molar-refractivity contribution >= 4 is 5.91 Å². The van der Waals surface area contributed by atoms with E-state index in [1.165, 1.54) is 6.26 Å². The van der Waals surface area contributed by atoms with E-state index in [0.29, 0.717) is 5.76 Å². The molecule has 1 aliphatic rings. The molecule has 0 aromatic carbocycles. The van der Waals surface area contributed by atoms with E-state index in [0.717, 1.165) is 25.9 Å². The van der Waals surface area contributed by atoms with Crippen LogP contribution in [0.25, 0.3) is 0 Å². The molecule has 1 atom stereocenters. The highest BCUT2D eigenvalue weighted by Gasteiger charge is 2.17. The largest absolute Gasteiger partial charge is 0.459 e. The normalized spacial score (nSPS) is 21.9. The van der Waals surface area contributed by atoms with Crippen LogP contribution in [-0.2, 0) is 0 Å². The summed E-state index contributed by atoms with van der Waals surface area (Å²) in [5.41, 5.74) is 0. The second-order valence-corrected chi connectivity index (χ2v) is 3.49. The monoisotopic (exact) mass is 194 g/mol. The van der Waals surface area contributed by atoms with Crippen molar-refractivity contribution in [3.63, 3.8) is 0 Å². The van der Waals surface area contributed by atoms with Gasteiger partial charge in [-0.05, 0) is 31.5 Å². The summed E-state index contributed by atoms with van der Waals surface area (Å²) in [4.78, 5) is 11.5. The predicted molar refractivity (Wildman–Crippen MR) is 52.1 cm³/mol. The zero-order chi connectivity index (χ0) is 9.80. The highest BCUT2D eigenvalue weighted by Crippen LogP contribution is 2.04. The molecule has 2 N–H and O–H groups in total. The second kappa shape index (κ2) is 4.28. The maximum atomic E-state index is 11.5. The van der Waals surface area contributed by atoms with E-state index in [-0.39, 0.29) is 11.9 Å². The summed E-state index contributed by atoms with van der Waals surface area (Å²) >= 11 is 0. The molecule has 0 radical (unpaired) electrons. The van der Waals surface area contributed by atoms with Crippen LogP contribution in [0.15, 0.2) is 22.8 Å². The minimum Gasteiger partial charge on any atom is -0.459 e. The Morgan fingerprint density at radius 2 is 2.57 bits per heavy atom. The van der Waals surface area contributed by atoms with E-state index in [1.54, 1.807) is 12.1 Å². The molecular formula is C10H14N2O2. The molecule has 2 heterocycles. The number of amides is 1. The van der Waals surface area contributed by atoms with Crippen molar-refractivity contribution in [2.45, 2.75) is 18.9 Å². The van der Waals surface area contributed by atoms with Gasteiger partial charge < -0.3 is 15.1 Å². The molecule has 1 aromatic rings. The van der Waals surface area contributed by atoms with E-state index in [1.807, 2.05) is 0 Å². The first-order valence-corrected chi connectivity index (χ1v) is 4.91. The molecule has 76 valence electrons. The molecule has 0 saturated carbocycles. The fraction of sp³-hybridized carbons (Fsp3) is 0.500. The Labute approximate surface area is 82.7 Å². The summed E-state index contributed by atoms with van der Waals surface area (Å²) in [5.74, 6) is 0.263. The van der Waals surface area contributed by atoms with Gasteiger partial charge in [-0.2, -0.15) is 0 Å². The molecule has 4 heteroatoms. The summed E-state index contributed by atoms with van der Waals surface area (Å²) in [5, 5.41) is 6.17. The van der Waals surface area contributed by atoms with E-state index in [4.69, 9.17) is 4.42 Å². The zero-order valence-electron chi connectivity index (χ0n) is 7.95. The van der Waals surface area contributed by atoms with Crippen LogP contribution in [0, 0.1) is 0 Å². The van der Waals surface area contributed by atoms with Gasteiger partial charge in [0.2, 0.25) is 0 Å². The molecule has 1 amide bonds. The summed E-state index contributed by atoms with van der Waals surface area (Å²) in [7, 11) is 0. The fourth-order valence-corrected chi connectivity index (χ4v) is 1.64. The number of piperidine rings is 1. The molecule has 2 rings (SSSR count). The number of carbonyl (C=O) groups excluding carboxylic acids is 1. The van der Waals surface area contributed by atoms with Gasteiger partial charge in [-0.1, -0.05) is 0 Å². The Kier molecular flexibility index (Phi) is 2.84. The van der Waals surface area contributed by atoms with Crippen LogP contribution in [0.4, 0.5) is 0 Å². The standard InChI is InChI=1S/C10H14N2O2/c13-10(9-4-2-6-14-9)12-8-3-1-5-11-7-8/h2,4,6,8,11H,1,3,5,7H2,(H,12,13)/t8-/m1/s1. The Bertz CT molecular complexity index is 289. The number of hydrogen-bond acceptors (Lipinski definition) is 3. The maximum absolute atomic E-state index is 11.5. The van der Waals surface area contributed by atoms with E-state index in [9.17, 15) is 4.79 Å². The molecular weight excluding hydrogens is 180 g/mol. The van der Waals surface area contributed by atoms with Crippen LogP contribution in [-0.4, -0.2) is 25.0 Å². The number of rotatable bonds is 2. The first-order chi connectivity index (χ1) is 6.86. The predicted octanol–water partition coefficient (Wildman–Crippen LogP) is 0.761. The number of furan rings is 1. The summed E-state index contributed by atoms with van der Waals surface area (Å²) in [6.45, 7) is 1.90. The number of carbonyl (C=O) groups is 1. The summed E-state index contributed by atoms with van der Waals surface area (Å²) in [6, 6.07) is 3.63. The van der Waals surface area contributed by atoms with Crippen molar-refractivity contribution in [3.8, 4) is 0 Å². The average Bonchev–Trinajstić information content (AvgIpc) is 2.72. The molecule has 0 unspecified atom stereocenters. The lowest BCUT2D eigenvalue weighted by molar-refractivity contribution is 0.0902. The Morgan fingerprint density at radius 1 is 1.64 bits per heavy atom. The van der Waals surface area contributed by atoms with E-state index < -0.39 is 0 Å². The molecule has 0 bridgehead atoms. The summed E-state index contributed by atoms with van der Waals surface area (Å²) < 4.78 is 5.00. The lowest BCUT2D eigenvalue weighted by Gasteiger charge is -2.23. The highest BCUT2D eigenvalue weighted by atomic mass is 16.3. The Balaban J connectivity index is 1.87. The van der Waals surface area contributed by atoms with Gasteiger partial charge in [-0.25, -0.2) is 0 Å². The fourth-order valence-electron chi connectivity index (χ4n) is 1.64. The average molecular weight is 194 g/mol. The van der Waals surface area contributed by atoms with Crippen molar-refractivity contribution in [1.82, 2.24) is 10.6 Å². The first-order valence-electron chi connectivity index (χ1n) is 4.91. The third-order valence-electron chi connectivity index (χ3n) is 2.38. The Hall–Kier alpha value is -1.29. The maximum Gasteiger partial charge on any atom is 0.287 e. The topological polar surface area (TPSA) is 54.3 Å². The van der Waals surface area contributed by atoms with Crippen LogP contribution in [0.1, 0.15) is 23.4 Å². The van der Waals surface area contributed by atoms with Gasteiger partial charge in [0.25, 0.3) is 5.91 Å². The molecule has 4 nitrogen and oxygen atoms in total. The third-order valence-corrected chi connectivity index (χ3v) is 2.38. The molecule has 1 fully saturated rings. The summed E-state index contributed by atoms with van der Waals surface area (Å²) in [6.07, 6.45) is 3.66. The van der Waals surface area contributed by atoms with Crippen LogP contribution in [0.3, 0.4) is 0 Å². The molecule has 1 saturated heterocycles. The smallest absolute Gasteiger partial charge is 0.287 e. The van der Waals surface area contributed by atoms with E-state index in [2.05, 4.69) is 10.6 Å². The molecule has 0 spiro atoms. The molecule has 1 aromatic heterocycles. The van der Waals surface area contributed by atoms with Crippen LogP contribution in [0.2, 0.25) is 0 Å². The molecule has 14 heavy (non-hydrogen) atoms. The van der Waals surface area contributed by atoms with Gasteiger partial charge in [-0.3, -0.25) is 4.79 Å². The van der Waals surface area contributed by atoms with Gasteiger partial charge in [-0.15, -0.1) is 0 Å². The van der Waals surface area contributed by atoms with E-state index >= 15 is 0 Å². The lowest BCUT2D eigenvalue weighted by atomic mass is 10.1. The van der Waals surface area contributed by atoms with Crippen molar-refractivity contribution in [2.75, 3.05) is 13.1 Å². The Morgan fingerprint density at radius 3 is 3.21 bits per heavy atom. The van der Waals surface area contributed by atoms with Crippen LogP contribution in [0.5, 0.6) is 0 Å². The first kappa shape index (κ1) is 9.27. The third kappa shape index (κ3) is 2.14. The molecule has 0 aliphatic carbocycles. The number of hydrogen-bond donors (Lipinski definition) is 2. The van der Waals surface area contributed by atoms with Crippen molar-refractivity contribution in [3.05, 3.63) is 24.2 Å². The lowest BCUT2D eigenvalue weighted by Crippen LogP contribution is -2.45. The highest BCUT2D eigenvalue weighted by molar-refractivity contribution is 5.91. The van der Waals surface area contributed by atoms with Crippen LogP contribution >= 0.6 is 0 Å². The number of nitrogens with one attached hydrogen (secondary N) is 2. The van der Waals surface area contributed by atoms with Gasteiger partial charge in [0.1, 0.15) is 0 Å². The van der Waals surface area contributed by atoms with Crippen molar-refractivity contribution in [1.29, 1.82) is 0 Å². The second-order valence-electron chi connectivity index (χ2n) is 3.49. The quantitative estimate of drug-likeness (QED) is 0.730. The van der Waals surface area contributed by atoms with Crippen molar-refractivity contribution < 1.29 is 9.21 Å². The van der Waals surface area contributed by atoms with Crippen LogP contribution < -0.4 is 10.6 Å². The molecule has 1 aliphatic heterocycles. The van der Waals surface area contributed by atoms with Gasteiger partial charge >= 0.3 is 0 Å². The van der Waals surface area contributed by atoms with Gasteiger partial charge in [0, 0.05) is 12.6 Å². The zero-order valence-corrected chi connectivity index (χ0v) is 7.95. The van der Waals surface area contributed by atoms with Crippen molar-refractivity contribution in [2.24, 2.45) is 0 Å². The van der Waals surface area contributed by atoms with Gasteiger partial charge in [0.15, 0.2) is 5.76 Å². The SMILES string of the molecule is O=C(N[C@@H]1CCCNC1)c1ccco1. The minimum absolute atomic E-state index is 0.122. The van der Waals surface area contributed by atoms with Gasteiger partial charge in [0.05, 0.1) is 6.26 Å².